The minimum atomic E-state index is -0.337. The fourth-order valence-electron chi connectivity index (χ4n) is 2.68. The summed E-state index contributed by atoms with van der Waals surface area (Å²) in [6.45, 7) is 7.42. The van der Waals surface area contributed by atoms with Crippen molar-refractivity contribution in [2.75, 3.05) is 5.32 Å². The highest BCUT2D eigenvalue weighted by Gasteiger charge is 2.34. The van der Waals surface area contributed by atoms with Gasteiger partial charge in [0.25, 0.3) is 5.91 Å². The van der Waals surface area contributed by atoms with Crippen LogP contribution in [0.3, 0.4) is 0 Å². The molecule has 1 aromatic heterocycles. The molecule has 1 amide bonds. The zero-order chi connectivity index (χ0) is 18.0. The molecule has 134 valence electrons. The number of carbonyl (C=O) groups is 1. The van der Waals surface area contributed by atoms with Gasteiger partial charge in [-0.2, -0.15) is 0 Å². The molecule has 5 nitrogen and oxygen atoms in total. The third kappa shape index (κ3) is 4.61. The first-order chi connectivity index (χ1) is 11.9. The second kappa shape index (κ2) is 7.58. The molecule has 7 heteroatoms. The average Bonchev–Trinajstić information content (AvgIpc) is 3.32. The number of rotatable bonds is 7. The summed E-state index contributed by atoms with van der Waals surface area (Å²) in [6.07, 6.45) is 2.46. The van der Waals surface area contributed by atoms with Crippen molar-refractivity contribution in [3.8, 4) is 0 Å². The van der Waals surface area contributed by atoms with E-state index in [1.807, 2.05) is 0 Å². The van der Waals surface area contributed by atoms with Gasteiger partial charge in [-0.05, 0) is 49.9 Å². The van der Waals surface area contributed by atoms with Crippen molar-refractivity contribution in [3.63, 3.8) is 0 Å². The molecule has 1 aliphatic rings. The van der Waals surface area contributed by atoms with E-state index < -0.39 is 0 Å². The molecule has 1 unspecified atom stereocenters. The highest BCUT2D eigenvalue weighted by atomic mass is 32.1. The zero-order valence-electron chi connectivity index (χ0n) is 14.7. The molecule has 0 aliphatic heterocycles. The Morgan fingerprint density at radius 2 is 1.96 bits per heavy atom. The predicted octanol–water partition coefficient (Wildman–Crippen LogP) is 3.94. The standard InChI is InChI=1S/C18H23FN4OS/c1-11(2)12(3)23(15-8-9-15)10-16-21-22-18(25-16)17(24)20-14-6-4-13(19)5-7-14/h4-7,11-12,15H,8-10H2,1-3H3,(H,20,24). The van der Waals surface area contributed by atoms with Crippen LogP contribution in [0.1, 0.15) is 48.4 Å². The van der Waals surface area contributed by atoms with Crippen LogP contribution in [0.5, 0.6) is 0 Å². The summed E-state index contributed by atoms with van der Waals surface area (Å²) in [7, 11) is 0. The van der Waals surface area contributed by atoms with Gasteiger partial charge in [0.2, 0.25) is 5.01 Å². The summed E-state index contributed by atoms with van der Waals surface area (Å²) < 4.78 is 12.9. The largest absolute Gasteiger partial charge is 0.320 e. The third-order valence-electron chi connectivity index (χ3n) is 4.58. The summed E-state index contributed by atoms with van der Waals surface area (Å²) >= 11 is 1.32. The number of halogens is 1. The molecular formula is C18H23FN4OS. The van der Waals surface area contributed by atoms with E-state index in [-0.39, 0.29) is 11.7 Å². The van der Waals surface area contributed by atoms with Crippen molar-refractivity contribution < 1.29 is 9.18 Å². The van der Waals surface area contributed by atoms with Gasteiger partial charge in [-0.3, -0.25) is 9.69 Å². The number of aromatic nitrogens is 2. The maximum atomic E-state index is 12.9. The first-order valence-electron chi connectivity index (χ1n) is 8.59. The van der Waals surface area contributed by atoms with Gasteiger partial charge in [-0.1, -0.05) is 25.2 Å². The second-order valence-corrected chi connectivity index (χ2v) is 7.91. The van der Waals surface area contributed by atoms with Gasteiger partial charge < -0.3 is 5.32 Å². The number of anilines is 1. The van der Waals surface area contributed by atoms with E-state index in [2.05, 4.69) is 41.2 Å². The Hall–Kier alpha value is -1.86. The quantitative estimate of drug-likeness (QED) is 0.810. The molecule has 2 aromatic rings. The van der Waals surface area contributed by atoms with Gasteiger partial charge >= 0.3 is 0 Å². The maximum Gasteiger partial charge on any atom is 0.286 e. The van der Waals surface area contributed by atoms with Gasteiger partial charge in [-0.15, -0.1) is 10.2 Å². The zero-order valence-corrected chi connectivity index (χ0v) is 15.5. The van der Waals surface area contributed by atoms with Crippen molar-refractivity contribution in [3.05, 3.63) is 40.1 Å². The van der Waals surface area contributed by atoms with E-state index >= 15 is 0 Å². The highest BCUT2D eigenvalue weighted by molar-refractivity contribution is 7.13. The van der Waals surface area contributed by atoms with Crippen molar-refractivity contribution in [1.82, 2.24) is 15.1 Å². The number of nitrogens with zero attached hydrogens (tertiary/aromatic N) is 3. The molecule has 1 N–H and O–H groups in total. The number of benzene rings is 1. The Morgan fingerprint density at radius 1 is 1.28 bits per heavy atom. The average molecular weight is 362 g/mol. The molecule has 1 fully saturated rings. The maximum absolute atomic E-state index is 12.9. The van der Waals surface area contributed by atoms with Crippen molar-refractivity contribution >= 4 is 22.9 Å². The van der Waals surface area contributed by atoms with E-state index in [1.54, 1.807) is 0 Å². The Bertz CT molecular complexity index is 727. The Balaban J connectivity index is 1.64. The molecule has 1 saturated carbocycles. The Labute approximate surface area is 151 Å². The number of carbonyl (C=O) groups excluding carboxylic acids is 1. The van der Waals surface area contributed by atoms with Crippen molar-refractivity contribution in [1.29, 1.82) is 0 Å². The lowest BCUT2D eigenvalue weighted by Crippen LogP contribution is -2.37. The van der Waals surface area contributed by atoms with Gasteiger partial charge in [0.05, 0.1) is 6.54 Å². The first-order valence-corrected chi connectivity index (χ1v) is 9.40. The monoisotopic (exact) mass is 362 g/mol. The summed E-state index contributed by atoms with van der Waals surface area (Å²) in [4.78, 5) is 14.7. The minimum absolute atomic E-state index is 0.315. The van der Waals surface area contributed by atoms with Crippen LogP contribution in [0, 0.1) is 11.7 Å². The summed E-state index contributed by atoms with van der Waals surface area (Å²) in [5.74, 6) is -0.0874. The molecule has 1 heterocycles. The van der Waals surface area contributed by atoms with Crippen LogP contribution in [0.2, 0.25) is 0 Å². The smallest absolute Gasteiger partial charge is 0.286 e. The number of hydrogen-bond donors (Lipinski definition) is 1. The second-order valence-electron chi connectivity index (χ2n) is 6.85. The summed E-state index contributed by atoms with van der Waals surface area (Å²) in [5, 5.41) is 12.1. The molecule has 1 atom stereocenters. The van der Waals surface area contributed by atoms with E-state index in [1.165, 1.54) is 48.4 Å². The van der Waals surface area contributed by atoms with E-state index in [0.717, 1.165) is 11.6 Å². The first kappa shape index (κ1) is 17.9. The van der Waals surface area contributed by atoms with Gasteiger partial charge in [0.1, 0.15) is 10.8 Å². The van der Waals surface area contributed by atoms with Crippen LogP contribution in [0.25, 0.3) is 0 Å². The molecule has 25 heavy (non-hydrogen) atoms. The van der Waals surface area contributed by atoms with E-state index in [9.17, 15) is 9.18 Å². The lowest BCUT2D eigenvalue weighted by molar-refractivity contribution is 0.102. The van der Waals surface area contributed by atoms with Crippen LogP contribution in [0.4, 0.5) is 10.1 Å². The molecular weight excluding hydrogens is 339 g/mol. The molecule has 3 rings (SSSR count). The lowest BCUT2D eigenvalue weighted by atomic mass is 10.0. The minimum Gasteiger partial charge on any atom is -0.320 e. The number of hydrogen-bond acceptors (Lipinski definition) is 5. The van der Waals surface area contributed by atoms with Crippen molar-refractivity contribution in [2.45, 2.75) is 52.2 Å². The fourth-order valence-corrected chi connectivity index (χ4v) is 3.42. The third-order valence-corrected chi connectivity index (χ3v) is 5.49. The molecule has 1 aliphatic carbocycles. The molecule has 0 radical (unpaired) electrons. The topological polar surface area (TPSA) is 58.1 Å². The molecule has 1 aromatic carbocycles. The predicted molar refractivity (Wildman–Crippen MR) is 97.1 cm³/mol. The van der Waals surface area contributed by atoms with Crippen LogP contribution in [-0.4, -0.2) is 33.1 Å². The summed E-state index contributed by atoms with van der Waals surface area (Å²) in [6, 6.07) is 6.75. The normalized spacial score (nSPS) is 15.6. The van der Waals surface area contributed by atoms with Gasteiger partial charge in [-0.25, -0.2) is 4.39 Å². The highest BCUT2D eigenvalue weighted by Crippen LogP contribution is 2.32. The summed E-state index contributed by atoms with van der Waals surface area (Å²) in [5.41, 5.74) is 0.538. The van der Waals surface area contributed by atoms with Gasteiger partial charge in [0.15, 0.2) is 0 Å². The van der Waals surface area contributed by atoms with Crippen LogP contribution < -0.4 is 5.32 Å². The van der Waals surface area contributed by atoms with Crippen LogP contribution >= 0.6 is 11.3 Å². The number of nitrogens with one attached hydrogen (secondary N) is 1. The SMILES string of the molecule is CC(C)C(C)N(Cc1nnc(C(=O)Nc2ccc(F)cc2)s1)C1CC1. The Kier molecular flexibility index (Phi) is 5.44. The van der Waals surface area contributed by atoms with Crippen molar-refractivity contribution in [2.24, 2.45) is 5.92 Å². The molecule has 0 saturated heterocycles. The molecule has 0 bridgehead atoms. The van der Waals surface area contributed by atoms with E-state index in [4.69, 9.17) is 0 Å². The number of amides is 1. The molecule has 0 spiro atoms. The fraction of sp³-hybridized carbons (Fsp3) is 0.500. The van der Waals surface area contributed by atoms with Crippen LogP contribution in [0.15, 0.2) is 24.3 Å². The van der Waals surface area contributed by atoms with Crippen LogP contribution in [-0.2, 0) is 6.54 Å². The Morgan fingerprint density at radius 3 is 2.56 bits per heavy atom. The lowest BCUT2D eigenvalue weighted by Gasteiger charge is -2.30. The van der Waals surface area contributed by atoms with Gasteiger partial charge in [0, 0.05) is 17.8 Å². The van der Waals surface area contributed by atoms with E-state index in [0.29, 0.717) is 28.7 Å².